The summed E-state index contributed by atoms with van der Waals surface area (Å²) in [5, 5.41) is 9.25. The maximum absolute atomic E-state index is 12.7. The zero-order valence-corrected chi connectivity index (χ0v) is 12.6. The van der Waals surface area contributed by atoms with Crippen molar-refractivity contribution >= 4 is 11.9 Å². The molecule has 114 valence electrons. The van der Waals surface area contributed by atoms with E-state index in [-0.39, 0.29) is 11.9 Å². The van der Waals surface area contributed by atoms with E-state index in [2.05, 4.69) is 0 Å². The number of carbonyl (C=O) groups excluding carboxylic acids is 1. The molecule has 1 saturated heterocycles. The largest absolute Gasteiger partial charge is 0.497 e. The van der Waals surface area contributed by atoms with Gasteiger partial charge in [-0.05, 0) is 50.5 Å². The number of hydrogen-bond acceptors (Lipinski definition) is 3. The van der Waals surface area contributed by atoms with Gasteiger partial charge < -0.3 is 14.7 Å². The highest BCUT2D eigenvalue weighted by atomic mass is 16.5. The molecule has 0 aromatic heterocycles. The first-order chi connectivity index (χ1) is 9.95. The van der Waals surface area contributed by atoms with Crippen LogP contribution in [0.3, 0.4) is 0 Å². The summed E-state index contributed by atoms with van der Waals surface area (Å²) in [7, 11) is 1.58. The summed E-state index contributed by atoms with van der Waals surface area (Å²) in [6.07, 6.45) is 1.35. The lowest BCUT2D eigenvalue weighted by molar-refractivity contribution is -0.144. The van der Waals surface area contributed by atoms with Crippen LogP contribution in [-0.4, -0.2) is 41.6 Å². The number of carboxylic acid groups (broad SMARTS) is 1. The van der Waals surface area contributed by atoms with Crippen LogP contribution in [0.25, 0.3) is 0 Å². The van der Waals surface area contributed by atoms with Crippen molar-refractivity contribution in [2.45, 2.75) is 32.7 Å². The van der Waals surface area contributed by atoms with E-state index in [1.54, 1.807) is 24.1 Å². The molecule has 1 aliphatic heterocycles. The first-order valence-electron chi connectivity index (χ1n) is 7.14. The van der Waals surface area contributed by atoms with Gasteiger partial charge in [0.05, 0.1) is 13.0 Å². The van der Waals surface area contributed by atoms with Gasteiger partial charge in [0.2, 0.25) is 0 Å². The van der Waals surface area contributed by atoms with E-state index in [1.807, 2.05) is 19.9 Å². The van der Waals surface area contributed by atoms with Gasteiger partial charge >= 0.3 is 5.97 Å². The fourth-order valence-electron chi connectivity index (χ4n) is 2.92. The predicted molar refractivity (Wildman–Crippen MR) is 78.6 cm³/mol. The second kappa shape index (κ2) is 6.16. The molecule has 1 aromatic carbocycles. The highest BCUT2D eigenvalue weighted by molar-refractivity contribution is 5.96. The number of piperidine rings is 1. The summed E-state index contributed by atoms with van der Waals surface area (Å²) in [5.74, 6) is -0.708. The molecule has 1 aliphatic rings. The van der Waals surface area contributed by atoms with Crippen LogP contribution in [0.15, 0.2) is 18.2 Å². The number of carbonyl (C=O) groups is 2. The Morgan fingerprint density at radius 1 is 1.38 bits per heavy atom. The quantitative estimate of drug-likeness (QED) is 0.928. The minimum atomic E-state index is -0.827. The van der Waals surface area contributed by atoms with Gasteiger partial charge in [-0.3, -0.25) is 9.59 Å². The van der Waals surface area contributed by atoms with E-state index >= 15 is 0 Å². The highest BCUT2D eigenvalue weighted by Gasteiger charge is 2.35. The molecule has 0 unspecified atom stereocenters. The van der Waals surface area contributed by atoms with Gasteiger partial charge in [0.15, 0.2) is 0 Å². The van der Waals surface area contributed by atoms with Gasteiger partial charge in [0.25, 0.3) is 5.91 Å². The summed E-state index contributed by atoms with van der Waals surface area (Å²) < 4.78 is 5.14. The molecule has 21 heavy (non-hydrogen) atoms. The number of ether oxygens (including phenoxy) is 1. The summed E-state index contributed by atoms with van der Waals surface area (Å²) in [4.78, 5) is 25.6. The molecule has 0 bridgehead atoms. The van der Waals surface area contributed by atoms with Crippen LogP contribution in [0.5, 0.6) is 5.75 Å². The Labute approximate surface area is 124 Å². The Balaban J connectivity index is 2.25. The van der Waals surface area contributed by atoms with E-state index < -0.39 is 11.9 Å². The van der Waals surface area contributed by atoms with Gasteiger partial charge in [0.1, 0.15) is 5.75 Å². The fraction of sp³-hybridized carbons (Fsp3) is 0.500. The lowest BCUT2D eigenvalue weighted by atomic mass is 9.89. The molecule has 2 rings (SSSR count). The molecule has 2 atom stereocenters. The molecule has 1 amide bonds. The average Bonchev–Trinajstić information content (AvgIpc) is 2.46. The minimum absolute atomic E-state index is 0.103. The number of aliphatic carboxylic acids is 1. The zero-order valence-electron chi connectivity index (χ0n) is 12.6. The highest BCUT2D eigenvalue weighted by Crippen LogP contribution is 2.27. The zero-order chi connectivity index (χ0) is 15.6. The third-order valence-corrected chi connectivity index (χ3v) is 4.23. The molecular formula is C16H21NO4. The van der Waals surface area contributed by atoms with Crippen LogP contribution >= 0.6 is 0 Å². The Bertz CT molecular complexity index is 555. The van der Waals surface area contributed by atoms with Crippen LogP contribution in [0.2, 0.25) is 0 Å². The third-order valence-electron chi connectivity index (χ3n) is 4.23. The van der Waals surface area contributed by atoms with Crippen molar-refractivity contribution in [1.29, 1.82) is 0 Å². The SMILES string of the molecule is COc1ccc(C(=O)N2CCC[C@H](C(=O)O)[C@@H]2C)c(C)c1. The van der Waals surface area contributed by atoms with Crippen molar-refractivity contribution in [3.63, 3.8) is 0 Å². The number of hydrogen-bond donors (Lipinski definition) is 1. The molecule has 5 nitrogen and oxygen atoms in total. The lowest BCUT2D eigenvalue weighted by Crippen LogP contribution is -2.49. The molecule has 1 heterocycles. The first-order valence-corrected chi connectivity index (χ1v) is 7.14. The predicted octanol–water partition coefficient (Wildman–Crippen LogP) is 2.33. The van der Waals surface area contributed by atoms with Gasteiger partial charge in [-0.2, -0.15) is 0 Å². The Kier molecular flexibility index (Phi) is 4.50. The normalized spacial score (nSPS) is 22.0. The van der Waals surface area contributed by atoms with Crippen LogP contribution in [0.1, 0.15) is 35.7 Å². The van der Waals surface area contributed by atoms with Gasteiger partial charge in [-0.1, -0.05) is 0 Å². The van der Waals surface area contributed by atoms with E-state index in [1.165, 1.54) is 0 Å². The second-order valence-electron chi connectivity index (χ2n) is 5.51. The molecule has 1 fully saturated rings. The van der Waals surface area contributed by atoms with Crippen LogP contribution in [0.4, 0.5) is 0 Å². The van der Waals surface area contributed by atoms with Crippen molar-refractivity contribution in [2.75, 3.05) is 13.7 Å². The van der Waals surface area contributed by atoms with E-state index in [9.17, 15) is 14.7 Å². The summed E-state index contributed by atoms with van der Waals surface area (Å²) >= 11 is 0. The molecule has 0 aliphatic carbocycles. The van der Waals surface area contributed by atoms with Crippen molar-refractivity contribution in [3.05, 3.63) is 29.3 Å². The third kappa shape index (κ3) is 3.01. The molecule has 0 radical (unpaired) electrons. The monoisotopic (exact) mass is 291 g/mol. The van der Waals surface area contributed by atoms with Crippen molar-refractivity contribution in [1.82, 2.24) is 4.90 Å². The fourth-order valence-corrected chi connectivity index (χ4v) is 2.92. The Morgan fingerprint density at radius 2 is 2.10 bits per heavy atom. The molecule has 1 N–H and O–H groups in total. The summed E-state index contributed by atoms with van der Waals surface area (Å²) in [6.45, 7) is 4.28. The number of aryl methyl sites for hydroxylation is 1. The second-order valence-corrected chi connectivity index (χ2v) is 5.51. The number of likely N-dealkylation sites (tertiary alicyclic amines) is 1. The van der Waals surface area contributed by atoms with E-state index in [0.717, 1.165) is 12.0 Å². The smallest absolute Gasteiger partial charge is 0.308 e. The maximum Gasteiger partial charge on any atom is 0.308 e. The maximum atomic E-state index is 12.7. The number of rotatable bonds is 3. The van der Waals surface area contributed by atoms with Crippen molar-refractivity contribution in [2.24, 2.45) is 5.92 Å². The number of carboxylic acids is 1. The average molecular weight is 291 g/mol. The lowest BCUT2D eigenvalue weighted by Gasteiger charge is -2.37. The summed E-state index contributed by atoms with van der Waals surface area (Å²) in [6, 6.07) is 5.03. The van der Waals surface area contributed by atoms with E-state index in [0.29, 0.717) is 24.3 Å². The molecule has 5 heteroatoms. The Hall–Kier alpha value is -2.04. The van der Waals surface area contributed by atoms with Crippen LogP contribution in [0, 0.1) is 12.8 Å². The first kappa shape index (κ1) is 15.4. The summed E-state index contributed by atoms with van der Waals surface area (Å²) in [5.41, 5.74) is 1.44. The van der Waals surface area contributed by atoms with Crippen molar-refractivity contribution in [3.8, 4) is 5.75 Å². The Morgan fingerprint density at radius 3 is 2.67 bits per heavy atom. The number of methoxy groups -OCH3 is 1. The number of amides is 1. The molecule has 1 aromatic rings. The molecular weight excluding hydrogens is 270 g/mol. The van der Waals surface area contributed by atoms with Crippen LogP contribution in [-0.2, 0) is 4.79 Å². The van der Waals surface area contributed by atoms with Gasteiger partial charge in [-0.25, -0.2) is 0 Å². The standard InChI is InChI=1S/C16H21NO4/c1-10-9-12(21-3)6-7-13(10)15(18)17-8-4-5-14(11(17)2)16(19)20/h6-7,9,11,14H,4-5,8H2,1-3H3,(H,19,20)/t11-,14-/m0/s1. The minimum Gasteiger partial charge on any atom is -0.497 e. The molecule has 0 spiro atoms. The van der Waals surface area contributed by atoms with Gasteiger partial charge in [-0.15, -0.1) is 0 Å². The van der Waals surface area contributed by atoms with Gasteiger partial charge in [0, 0.05) is 18.2 Å². The molecule has 0 saturated carbocycles. The number of nitrogens with zero attached hydrogens (tertiary/aromatic N) is 1. The van der Waals surface area contributed by atoms with Crippen molar-refractivity contribution < 1.29 is 19.4 Å². The van der Waals surface area contributed by atoms with E-state index in [4.69, 9.17) is 4.74 Å². The van der Waals surface area contributed by atoms with Crippen LogP contribution < -0.4 is 4.74 Å². The topological polar surface area (TPSA) is 66.8 Å². The number of benzene rings is 1.